The van der Waals surface area contributed by atoms with E-state index in [0.29, 0.717) is 21.6 Å². The monoisotopic (exact) mass is 481 g/mol. The molecule has 0 radical (unpaired) electrons. The smallest absolute Gasteiger partial charge is 0.233 e. The Balaban J connectivity index is 1.56. The largest absolute Gasteiger partial charge is 0.341 e. The predicted octanol–water partition coefficient (Wildman–Crippen LogP) is 5.18. The lowest BCUT2D eigenvalue weighted by Crippen LogP contribution is -2.28. The van der Waals surface area contributed by atoms with Crippen LogP contribution in [-0.2, 0) is 11.3 Å². The van der Waals surface area contributed by atoms with Crippen LogP contribution in [0.5, 0.6) is 0 Å². The molecular weight excluding hydrogens is 461 g/mol. The lowest BCUT2D eigenvalue weighted by atomic mass is 10.2. The number of thioether (sulfide) groups is 1. The Kier molecular flexibility index (Phi) is 7.05. The average molecular weight is 482 g/mol. The van der Waals surface area contributed by atoms with Crippen LogP contribution in [0.1, 0.15) is 11.1 Å². The normalized spacial score (nSPS) is 10.9. The van der Waals surface area contributed by atoms with Crippen LogP contribution in [0, 0.1) is 12.7 Å². The Morgan fingerprint density at radius 3 is 2.52 bits per heavy atom. The zero-order valence-electron chi connectivity index (χ0n) is 18.1. The first-order valence-corrected chi connectivity index (χ1v) is 11.5. The molecule has 0 aliphatic rings. The molecule has 2 heterocycles. The van der Waals surface area contributed by atoms with Gasteiger partial charge in [0.1, 0.15) is 5.82 Å². The van der Waals surface area contributed by atoms with Crippen molar-refractivity contribution >= 4 is 29.3 Å². The fraction of sp³-hybridized carbons (Fsp3) is 0.167. The molecule has 0 bridgehead atoms. The quantitative estimate of drug-likeness (QED) is 0.340. The molecule has 0 fully saturated rings. The Labute approximate surface area is 200 Å². The van der Waals surface area contributed by atoms with Crippen molar-refractivity contribution < 1.29 is 9.18 Å². The molecule has 168 valence electrons. The summed E-state index contributed by atoms with van der Waals surface area (Å²) >= 11 is 7.38. The first kappa shape index (κ1) is 22.9. The number of carbonyl (C=O) groups excluding carboxylic acids is 1. The molecule has 0 N–H and O–H groups in total. The molecule has 4 rings (SSSR count). The van der Waals surface area contributed by atoms with E-state index in [9.17, 15) is 9.18 Å². The van der Waals surface area contributed by atoms with Crippen LogP contribution < -0.4 is 0 Å². The van der Waals surface area contributed by atoms with Crippen molar-refractivity contribution in [3.63, 3.8) is 0 Å². The lowest BCUT2D eigenvalue weighted by Gasteiger charge is -2.18. The van der Waals surface area contributed by atoms with Gasteiger partial charge in [-0.05, 0) is 43.3 Å². The number of hydrogen-bond donors (Lipinski definition) is 0. The van der Waals surface area contributed by atoms with Crippen LogP contribution in [0.4, 0.5) is 4.39 Å². The van der Waals surface area contributed by atoms with Crippen LogP contribution in [0.25, 0.3) is 17.1 Å². The van der Waals surface area contributed by atoms with Gasteiger partial charge in [0.15, 0.2) is 11.0 Å². The second-order valence-corrected chi connectivity index (χ2v) is 8.80. The number of aromatic nitrogens is 4. The second kappa shape index (κ2) is 10.1. The summed E-state index contributed by atoms with van der Waals surface area (Å²) in [5.74, 6) is 0.157. The number of amides is 1. The molecule has 0 atom stereocenters. The number of aryl methyl sites for hydroxylation is 1. The molecule has 0 aliphatic heterocycles. The average Bonchev–Trinajstić information content (AvgIpc) is 3.25. The standard InChI is InChI=1S/C24H21ClFN5OS/c1-16-6-8-18(9-7-16)31-23(17-10-12-27-13-11-17)28-29-24(31)33-15-22(32)30(2)14-19-20(25)4-3-5-21(19)26/h3-13H,14-15H2,1-2H3. The summed E-state index contributed by atoms with van der Waals surface area (Å²) in [6.45, 7) is 2.10. The van der Waals surface area contributed by atoms with Gasteiger partial charge < -0.3 is 4.90 Å². The number of nitrogens with zero attached hydrogens (tertiary/aromatic N) is 5. The summed E-state index contributed by atoms with van der Waals surface area (Å²) in [5, 5.41) is 9.58. The highest BCUT2D eigenvalue weighted by Gasteiger charge is 2.19. The Morgan fingerprint density at radius 1 is 1.09 bits per heavy atom. The number of halogens is 2. The number of benzene rings is 2. The molecule has 2 aromatic carbocycles. The van der Waals surface area contributed by atoms with Gasteiger partial charge in [0.2, 0.25) is 5.91 Å². The lowest BCUT2D eigenvalue weighted by molar-refractivity contribution is -0.127. The summed E-state index contributed by atoms with van der Waals surface area (Å²) in [4.78, 5) is 18.3. The third kappa shape index (κ3) is 5.23. The van der Waals surface area contributed by atoms with Crippen molar-refractivity contribution in [2.45, 2.75) is 18.6 Å². The van der Waals surface area contributed by atoms with Gasteiger partial charge >= 0.3 is 0 Å². The van der Waals surface area contributed by atoms with Crippen molar-refractivity contribution in [3.8, 4) is 17.1 Å². The molecule has 1 amide bonds. The van der Waals surface area contributed by atoms with Gasteiger partial charge in [-0.25, -0.2) is 4.39 Å². The molecule has 0 saturated carbocycles. The van der Waals surface area contributed by atoms with Crippen LogP contribution in [0.3, 0.4) is 0 Å². The Hall–Kier alpha value is -3.23. The number of rotatable bonds is 7. The van der Waals surface area contributed by atoms with Crippen molar-refractivity contribution in [3.05, 3.63) is 89.0 Å². The van der Waals surface area contributed by atoms with E-state index in [1.165, 1.54) is 28.8 Å². The fourth-order valence-corrected chi connectivity index (χ4v) is 4.34. The summed E-state index contributed by atoms with van der Waals surface area (Å²) in [7, 11) is 1.62. The molecule has 0 saturated heterocycles. The van der Waals surface area contributed by atoms with Gasteiger partial charge in [0, 0.05) is 47.8 Å². The number of carbonyl (C=O) groups is 1. The highest BCUT2D eigenvalue weighted by molar-refractivity contribution is 7.99. The van der Waals surface area contributed by atoms with Crippen LogP contribution in [0.2, 0.25) is 5.02 Å². The van der Waals surface area contributed by atoms with E-state index >= 15 is 0 Å². The molecule has 0 spiro atoms. The zero-order chi connectivity index (χ0) is 23.4. The van der Waals surface area contributed by atoms with E-state index in [0.717, 1.165) is 16.8 Å². The molecule has 2 aromatic heterocycles. The highest BCUT2D eigenvalue weighted by atomic mass is 35.5. The van der Waals surface area contributed by atoms with E-state index in [-0.39, 0.29) is 18.2 Å². The molecule has 0 aliphatic carbocycles. The minimum absolute atomic E-state index is 0.0812. The Morgan fingerprint density at radius 2 is 1.82 bits per heavy atom. The van der Waals surface area contributed by atoms with E-state index in [4.69, 9.17) is 11.6 Å². The third-order valence-electron chi connectivity index (χ3n) is 5.07. The molecule has 9 heteroatoms. The zero-order valence-corrected chi connectivity index (χ0v) is 19.6. The van der Waals surface area contributed by atoms with Gasteiger partial charge in [-0.2, -0.15) is 0 Å². The number of pyridine rings is 1. The second-order valence-electron chi connectivity index (χ2n) is 7.45. The van der Waals surface area contributed by atoms with Crippen LogP contribution in [-0.4, -0.2) is 43.4 Å². The third-order valence-corrected chi connectivity index (χ3v) is 6.34. The first-order valence-electron chi connectivity index (χ1n) is 10.2. The maximum atomic E-state index is 14.1. The van der Waals surface area contributed by atoms with E-state index in [1.807, 2.05) is 47.9 Å². The van der Waals surface area contributed by atoms with Gasteiger partial charge in [0.05, 0.1) is 5.75 Å². The topological polar surface area (TPSA) is 63.9 Å². The van der Waals surface area contributed by atoms with Crippen molar-refractivity contribution in [1.82, 2.24) is 24.6 Å². The first-order chi connectivity index (χ1) is 15.9. The SMILES string of the molecule is Cc1ccc(-n2c(SCC(=O)N(C)Cc3c(F)cccc3Cl)nnc2-c2ccncc2)cc1. The Bertz CT molecular complexity index is 1240. The minimum atomic E-state index is -0.434. The van der Waals surface area contributed by atoms with Crippen LogP contribution >= 0.6 is 23.4 Å². The molecule has 0 unspecified atom stereocenters. The summed E-state index contributed by atoms with van der Waals surface area (Å²) in [6.07, 6.45) is 3.39. The van der Waals surface area contributed by atoms with Gasteiger partial charge in [-0.3, -0.25) is 14.3 Å². The minimum Gasteiger partial charge on any atom is -0.341 e. The summed E-state index contributed by atoms with van der Waals surface area (Å²) in [5.41, 5.74) is 3.18. The summed E-state index contributed by atoms with van der Waals surface area (Å²) < 4.78 is 16.0. The van der Waals surface area contributed by atoms with Crippen molar-refractivity contribution in [2.75, 3.05) is 12.8 Å². The molecule has 6 nitrogen and oxygen atoms in total. The van der Waals surface area contributed by atoms with Crippen molar-refractivity contribution in [1.29, 1.82) is 0 Å². The highest BCUT2D eigenvalue weighted by Crippen LogP contribution is 2.28. The van der Waals surface area contributed by atoms with Crippen molar-refractivity contribution in [2.24, 2.45) is 0 Å². The maximum absolute atomic E-state index is 14.1. The number of hydrogen-bond acceptors (Lipinski definition) is 5. The summed E-state index contributed by atoms with van der Waals surface area (Å²) in [6, 6.07) is 16.2. The van der Waals surface area contributed by atoms with Gasteiger partial charge in [-0.15, -0.1) is 10.2 Å². The van der Waals surface area contributed by atoms with Gasteiger partial charge in [-0.1, -0.05) is 47.1 Å². The van der Waals surface area contributed by atoms with E-state index in [1.54, 1.807) is 25.5 Å². The van der Waals surface area contributed by atoms with Crippen LogP contribution in [0.15, 0.2) is 72.1 Å². The molecular formula is C24H21ClFN5OS. The maximum Gasteiger partial charge on any atom is 0.233 e. The predicted molar refractivity (Wildman–Crippen MR) is 128 cm³/mol. The fourth-order valence-electron chi connectivity index (χ4n) is 3.22. The molecule has 4 aromatic rings. The molecule has 33 heavy (non-hydrogen) atoms. The van der Waals surface area contributed by atoms with E-state index < -0.39 is 5.82 Å². The van der Waals surface area contributed by atoms with Gasteiger partial charge in [0.25, 0.3) is 0 Å². The van der Waals surface area contributed by atoms with E-state index in [2.05, 4.69) is 15.2 Å².